The van der Waals surface area contributed by atoms with Crippen molar-refractivity contribution in [3.63, 3.8) is 0 Å². The summed E-state index contributed by atoms with van der Waals surface area (Å²) in [6, 6.07) is 7.57. The lowest BCUT2D eigenvalue weighted by Gasteiger charge is -2.22. The van der Waals surface area contributed by atoms with Crippen molar-refractivity contribution in [3.05, 3.63) is 40.2 Å². The van der Waals surface area contributed by atoms with E-state index in [2.05, 4.69) is 4.98 Å². The van der Waals surface area contributed by atoms with Crippen molar-refractivity contribution in [3.8, 4) is 0 Å². The highest BCUT2D eigenvalue weighted by atomic mass is 32.1. The Hall–Kier alpha value is -1.88. The molecule has 19 heavy (non-hydrogen) atoms. The average Bonchev–Trinajstić information content (AvgIpc) is 2.83. The van der Waals surface area contributed by atoms with E-state index in [9.17, 15) is 4.79 Å². The SMILES string of the molecule is Cc1ccc(C(=O)N(C)c2cccnc2N(C)C)s1. The van der Waals surface area contributed by atoms with Crippen LogP contribution in [0.25, 0.3) is 0 Å². The molecule has 2 rings (SSSR count). The molecule has 0 aromatic carbocycles. The number of carbonyl (C=O) groups is 1. The molecular formula is C14H17N3OS. The normalized spacial score (nSPS) is 10.3. The molecule has 2 aromatic heterocycles. The van der Waals surface area contributed by atoms with E-state index in [1.54, 1.807) is 18.1 Å². The molecule has 0 spiro atoms. The maximum Gasteiger partial charge on any atom is 0.268 e. The molecule has 4 nitrogen and oxygen atoms in total. The van der Waals surface area contributed by atoms with Gasteiger partial charge in [-0.3, -0.25) is 4.79 Å². The lowest BCUT2D eigenvalue weighted by molar-refractivity contribution is 0.0997. The highest BCUT2D eigenvalue weighted by Crippen LogP contribution is 2.27. The van der Waals surface area contributed by atoms with Gasteiger partial charge in [0.2, 0.25) is 0 Å². The van der Waals surface area contributed by atoms with Gasteiger partial charge in [-0.15, -0.1) is 11.3 Å². The van der Waals surface area contributed by atoms with Crippen LogP contribution in [0.2, 0.25) is 0 Å². The van der Waals surface area contributed by atoms with E-state index in [1.165, 1.54) is 11.3 Å². The Morgan fingerprint density at radius 1 is 1.21 bits per heavy atom. The van der Waals surface area contributed by atoms with Crippen molar-refractivity contribution in [1.82, 2.24) is 4.98 Å². The first-order valence-corrected chi connectivity index (χ1v) is 6.79. The molecule has 0 saturated carbocycles. The minimum atomic E-state index is -0.00537. The minimum Gasteiger partial charge on any atom is -0.361 e. The van der Waals surface area contributed by atoms with Gasteiger partial charge in [0, 0.05) is 32.2 Å². The first-order valence-electron chi connectivity index (χ1n) is 5.97. The van der Waals surface area contributed by atoms with Crippen LogP contribution in [0.3, 0.4) is 0 Å². The molecule has 0 radical (unpaired) electrons. The van der Waals surface area contributed by atoms with Crippen molar-refractivity contribution in [2.45, 2.75) is 6.92 Å². The Balaban J connectivity index is 2.34. The van der Waals surface area contributed by atoms with Crippen molar-refractivity contribution < 1.29 is 4.79 Å². The van der Waals surface area contributed by atoms with Gasteiger partial charge in [-0.1, -0.05) is 0 Å². The first kappa shape index (κ1) is 13.5. The number of hydrogen-bond acceptors (Lipinski definition) is 4. The molecule has 0 aliphatic carbocycles. The number of carbonyl (C=O) groups excluding carboxylic acids is 1. The number of thiophene rings is 1. The molecule has 2 heterocycles. The van der Waals surface area contributed by atoms with Gasteiger partial charge in [0.1, 0.15) is 0 Å². The zero-order valence-electron chi connectivity index (χ0n) is 11.5. The zero-order chi connectivity index (χ0) is 14.0. The van der Waals surface area contributed by atoms with E-state index in [0.717, 1.165) is 21.3 Å². The summed E-state index contributed by atoms with van der Waals surface area (Å²) in [5.74, 6) is 0.779. The topological polar surface area (TPSA) is 36.4 Å². The summed E-state index contributed by atoms with van der Waals surface area (Å²) in [7, 11) is 5.61. The third-order valence-corrected chi connectivity index (χ3v) is 3.80. The van der Waals surface area contributed by atoms with Crippen LogP contribution in [0.4, 0.5) is 11.5 Å². The number of anilines is 2. The van der Waals surface area contributed by atoms with Crippen LogP contribution in [-0.2, 0) is 0 Å². The summed E-state index contributed by atoms with van der Waals surface area (Å²) < 4.78 is 0. The maximum atomic E-state index is 12.4. The molecule has 0 saturated heterocycles. The highest BCUT2D eigenvalue weighted by Gasteiger charge is 2.18. The van der Waals surface area contributed by atoms with Gasteiger partial charge in [0.15, 0.2) is 5.82 Å². The van der Waals surface area contributed by atoms with Crippen LogP contribution in [0.5, 0.6) is 0 Å². The summed E-state index contributed by atoms with van der Waals surface area (Å²) in [5.41, 5.74) is 0.809. The fourth-order valence-corrected chi connectivity index (χ4v) is 2.66. The van der Waals surface area contributed by atoms with Crippen LogP contribution in [0.15, 0.2) is 30.5 Å². The Morgan fingerprint density at radius 3 is 2.53 bits per heavy atom. The molecule has 0 aliphatic rings. The van der Waals surface area contributed by atoms with Gasteiger partial charge in [0.05, 0.1) is 10.6 Å². The van der Waals surface area contributed by atoms with Crippen LogP contribution in [0, 0.1) is 6.92 Å². The van der Waals surface area contributed by atoms with Crippen molar-refractivity contribution in [2.75, 3.05) is 30.9 Å². The van der Waals surface area contributed by atoms with Gasteiger partial charge in [-0.2, -0.15) is 0 Å². The number of aryl methyl sites for hydroxylation is 1. The van der Waals surface area contributed by atoms with Gasteiger partial charge in [0.25, 0.3) is 5.91 Å². The molecule has 0 fully saturated rings. The summed E-state index contributed by atoms with van der Waals surface area (Å²) in [4.78, 5) is 22.2. The lowest BCUT2D eigenvalue weighted by atomic mass is 10.3. The second-order valence-corrected chi connectivity index (χ2v) is 5.80. The van der Waals surface area contributed by atoms with E-state index < -0.39 is 0 Å². The van der Waals surface area contributed by atoms with E-state index in [4.69, 9.17) is 0 Å². The van der Waals surface area contributed by atoms with Gasteiger partial charge in [-0.25, -0.2) is 4.98 Å². The predicted molar refractivity (Wildman–Crippen MR) is 80.4 cm³/mol. The quantitative estimate of drug-likeness (QED) is 0.864. The van der Waals surface area contributed by atoms with E-state index >= 15 is 0 Å². The fourth-order valence-electron chi connectivity index (χ4n) is 1.82. The fraction of sp³-hybridized carbons (Fsp3) is 0.286. The molecule has 1 amide bonds. The molecular weight excluding hydrogens is 258 g/mol. The molecule has 0 bridgehead atoms. The Bertz CT molecular complexity index is 592. The second kappa shape index (κ2) is 5.40. The third-order valence-electron chi connectivity index (χ3n) is 2.81. The molecule has 2 aromatic rings. The van der Waals surface area contributed by atoms with Crippen LogP contribution in [0.1, 0.15) is 14.5 Å². The van der Waals surface area contributed by atoms with Crippen LogP contribution in [-0.4, -0.2) is 32.0 Å². The van der Waals surface area contributed by atoms with Gasteiger partial charge >= 0.3 is 0 Å². The van der Waals surface area contributed by atoms with Crippen LogP contribution < -0.4 is 9.80 Å². The number of nitrogens with zero attached hydrogens (tertiary/aromatic N) is 3. The molecule has 0 N–H and O–H groups in total. The highest BCUT2D eigenvalue weighted by molar-refractivity contribution is 7.14. The molecule has 0 unspecified atom stereocenters. The number of pyridine rings is 1. The molecule has 5 heteroatoms. The zero-order valence-corrected chi connectivity index (χ0v) is 12.4. The molecule has 0 atom stereocenters. The number of amides is 1. The second-order valence-electron chi connectivity index (χ2n) is 4.52. The molecule has 0 aliphatic heterocycles. The Labute approximate surface area is 117 Å². The van der Waals surface area contributed by atoms with Gasteiger partial charge < -0.3 is 9.80 Å². The maximum absolute atomic E-state index is 12.4. The van der Waals surface area contributed by atoms with E-state index in [0.29, 0.717) is 0 Å². The van der Waals surface area contributed by atoms with Crippen molar-refractivity contribution in [1.29, 1.82) is 0 Å². The predicted octanol–water partition coefficient (Wildman–Crippen LogP) is 2.79. The monoisotopic (exact) mass is 275 g/mol. The summed E-state index contributed by atoms with van der Waals surface area (Å²) in [6.07, 6.45) is 1.73. The third kappa shape index (κ3) is 2.76. The first-order chi connectivity index (χ1) is 9.00. The number of aromatic nitrogens is 1. The average molecular weight is 275 g/mol. The summed E-state index contributed by atoms with van der Waals surface area (Å²) >= 11 is 1.51. The van der Waals surface area contributed by atoms with Crippen molar-refractivity contribution in [2.24, 2.45) is 0 Å². The van der Waals surface area contributed by atoms with Crippen LogP contribution >= 0.6 is 11.3 Å². The summed E-state index contributed by atoms with van der Waals surface area (Å²) in [6.45, 7) is 2.00. The molecule has 100 valence electrons. The smallest absolute Gasteiger partial charge is 0.268 e. The Morgan fingerprint density at radius 2 is 1.95 bits per heavy atom. The van der Waals surface area contributed by atoms with E-state index in [1.807, 2.05) is 50.2 Å². The number of hydrogen-bond donors (Lipinski definition) is 0. The van der Waals surface area contributed by atoms with Crippen molar-refractivity contribution >= 4 is 28.7 Å². The number of rotatable bonds is 3. The Kier molecular flexibility index (Phi) is 3.85. The minimum absolute atomic E-state index is 0.00537. The lowest BCUT2D eigenvalue weighted by Crippen LogP contribution is -2.27. The largest absolute Gasteiger partial charge is 0.361 e. The van der Waals surface area contributed by atoms with E-state index in [-0.39, 0.29) is 5.91 Å². The standard InChI is InChI=1S/C14H17N3OS/c1-10-7-8-12(19-10)14(18)17(4)11-6-5-9-15-13(11)16(2)3/h5-9H,1-4H3. The summed E-state index contributed by atoms with van der Waals surface area (Å²) in [5, 5.41) is 0. The van der Waals surface area contributed by atoms with Gasteiger partial charge in [-0.05, 0) is 31.2 Å².